The molecule has 1 aliphatic heterocycles. The molecule has 1 aromatic carbocycles. The minimum absolute atomic E-state index is 0.106. The Kier molecular flexibility index (Phi) is 4.53. The summed E-state index contributed by atoms with van der Waals surface area (Å²) in [6.45, 7) is 2.52. The molecule has 4 rings (SSSR count). The number of carbonyl (C=O) groups excluding carboxylic acids is 1. The van der Waals surface area contributed by atoms with Crippen LogP contribution in [-0.4, -0.2) is 47.9 Å². The minimum Gasteiger partial charge on any atom is -0.335 e. The molecule has 0 radical (unpaired) electrons. The van der Waals surface area contributed by atoms with Crippen LogP contribution in [0.25, 0.3) is 5.69 Å². The largest absolute Gasteiger partial charge is 0.335 e. The summed E-state index contributed by atoms with van der Waals surface area (Å²) >= 11 is 1.53. The summed E-state index contributed by atoms with van der Waals surface area (Å²) in [5, 5.41) is 4.77. The van der Waals surface area contributed by atoms with Gasteiger partial charge in [0.1, 0.15) is 18.2 Å². The van der Waals surface area contributed by atoms with Crippen LogP contribution in [-0.2, 0) is 6.54 Å². The van der Waals surface area contributed by atoms with Crippen molar-refractivity contribution < 1.29 is 4.79 Å². The molecule has 3 aromatic rings. The third-order valence-electron chi connectivity index (χ3n) is 4.75. The van der Waals surface area contributed by atoms with Crippen molar-refractivity contribution in [3.05, 3.63) is 64.6 Å². The van der Waals surface area contributed by atoms with Crippen molar-refractivity contribution in [3.63, 3.8) is 0 Å². The number of fused-ring (bicyclic) bond motifs is 1. The van der Waals surface area contributed by atoms with Gasteiger partial charge in [0.05, 0.1) is 11.7 Å². The molecular weight excluding hydrogens is 364 g/mol. The van der Waals surface area contributed by atoms with E-state index in [-0.39, 0.29) is 23.1 Å². The van der Waals surface area contributed by atoms with Crippen LogP contribution in [0.5, 0.6) is 0 Å². The van der Waals surface area contributed by atoms with E-state index >= 15 is 0 Å². The molecule has 8 nitrogen and oxygen atoms in total. The Morgan fingerprint density at radius 3 is 2.78 bits per heavy atom. The highest BCUT2D eigenvalue weighted by Crippen LogP contribution is 2.23. The SMILES string of the molecule is C[C@@H](c1ccc(-n2cncn2)cc1)N(C)C(=O)c1cnc2n(c1=O)CCS2. The third-order valence-corrected chi connectivity index (χ3v) is 5.72. The maximum Gasteiger partial charge on any atom is 0.267 e. The molecule has 0 saturated carbocycles. The van der Waals surface area contributed by atoms with Crippen molar-refractivity contribution in [2.24, 2.45) is 0 Å². The summed E-state index contributed by atoms with van der Waals surface area (Å²) in [6.07, 6.45) is 4.50. The minimum atomic E-state index is -0.326. The van der Waals surface area contributed by atoms with Crippen LogP contribution >= 0.6 is 11.8 Å². The third kappa shape index (κ3) is 3.14. The molecular formula is C18H18N6O2S. The predicted molar refractivity (Wildman–Crippen MR) is 101 cm³/mol. The van der Waals surface area contributed by atoms with Gasteiger partial charge in [0.15, 0.2) is 5.16 Å². The van der Waals surface area contributed by atoms with Gasteiger partial charge in [-0.25, -0.2) is 14.6 Å². The zero-order chi connectivity index (χ0) is 19.0. The maximum absolute atomic E-state index is 12.9. The first-order valence-corrected chi connectivity index (χ1v) is 9.49. The maximum atomic E-state index is 12.9. The number of amides is 1. The van der Waals surface area contributed by atoms with Gasteiger partial charge in [-0.1, -0.05) is 23.9 Å². The zero-order valence-corrected chi connectivity index (χ0v) is 15.8. The summed E-state index contributed by atoms with van der Waals surface area (Å²) in [4.78, 5) is 35.2. The van der Waals surface area contributed by atoms with E-state index in [9.17, 15) is 9.59 Å². The molecule has 138 valence electrons. The Morgan fingerprint density at radius 2 is 2.07 bits per heavy atom. The molecule has 9 heteroatoms. The molecule has 0 unspecified atom stereocenters. The molecule has 1 aliphatic rings. The second kappa shape index (κ2) is 6.99. The first-order chi connectivity index (χ1) is 13.1. The van der Waals surface area contributed by atoms with E-state index in [0.29, 0.717) is 11.7 Å². The van der Waals surface area contributed by atoms with Crippen LogP contribution < -0.4 is 5.56 Å². The molecule has 0 N–H and O–H groups in total. The van der Waals surface area contributed by atoms with Crippen molar-refractivity contribution in [1.29, 1.82) is 0 Å². The summed E-state index contributed by atoms with van der Waals surface area (Å²) in [6, 6.07) is 7.52. The van der Waals surface area contributed by atoms with Crippen molar-refractivity contribution in [3.8, 4) is 5.69 Å². The lowest BCUT2D eigenvalue weighted by atomic mass is 10.1. The molecule has 0 bridgehead atoms. The topological polar surface area (TPSA) is 85.9 Å². The Morgan fingerprint density at radius 1 is 1.30 bits per heavy atom. The lowest BCUT2D eigenvalue weighted by molar-refractivity contribution is 0.0739. The van der Waals surface area contributed by atoms with Crippen molar-refractivity contribution >= 4 is 17.7 Å². The van der Waals surface area contributed by atoms with Crippen molar-refractivity contribution in [2.45, 2.75) is 24.7 Å². The summed E-state index contributed by atoms with van der Waals surface area (Å²) in [5.74, 6) is 0.483. The Balaban J connectivity index is 1.56. The van der Waals surface area contributed by atoms with Gasteiger partial charge in [-0.2, -0.15) is 5.10 Å². The molecule has 27 heavy (non-hydrogen) atoms. The second-order valence-electron chi connectivity index (χ2n) is 6.28. The zero-order valence-electron chi connectivity index (χ0n) is 14.9. The van der Waals surface area contributed by atoms with Gasteiger partial charge in [0, 0.05) is 25.5 Å². The van der Waals surface area contributed by atoms with E-state index in [4.69, 9.17) is 0 Å². The standard InChI is InChI=1S/C18H18N6O2S/c1-12(13-3-5-14(6-4-13)24-11-19-10-21-24)22(2)16(25)15-9-20-18-23(17(15)26)7-8-27-18/h3-6,9-12H,7-8H2,1-2H3/t12-/m0/s1. The second-order valence-corrected chi connectivity index (χ2v) is 7.35. The molecule has 0 fully saturated rings. The number of benzene rings is 1. The van der Waals surface area contributed by atoms with E-state index in [1.807, 2.05) is 31.2 Å². The smallest absolute Gasteiger partial charge is 0.267 e. The van der Waals surface area contributed by atoms with Gasteiger partial charge in [-0.3, -0.25) is 14.2 Å². The quantitative estimate of drug-likeness (QED) is 0.639. The highest BCUT2D eigenvalue weighted by molar-refractivity contribution is 7.99. The van der Waals surface area contributed by atoms with Crippen LogP contribution in [0.15, 0.2) is 53.1 Å². The van der Waals surface area contributed by atoms with Gasteiger partial charge in [0.2, 0.25) is 0 Å². The Hall–Kier alpha value is -2.94. The Labute approximate surface area is 159 Å². The fourth-order valence-corrected chi connectivity index (χ4v) is 3.91. The monoisotopic (exact) mass is 382 g/mol. The van der Waals surface area contributed by atoms with E-state index in [1.54, 1.807) is 27.5 Å². The molecule has 0 saturated heterocycles. The highest BCUT2D eigenvalue weighted by Gasteiger charge is 2.25. The molecule has 0 spiro atoms. The normalized spacial score (nSPS) is 14.0. The van der Waals surface area contributed by atoms with Crippen LogP contribution in [0.4, 0.5) is 0 Å². The fraction of sp³-hybridized carbons (Fsp3) is 0.278. The van der Waals surface area contributed by atoms with Gasteiger partial charge in [-0.05, 0) is 24.6 Å². The Bertz CT molecular complexity index is 1030. The van der Waals surface area contributed by atoms with Crippen molar-refractivity contribution in [1.82, 2.24) is 29.2 Å². The van der Waals surface area contributed by atoms with Crippen LogP contribution in [0, 0.1) is 0 Å². The predicted octanol–water partition coefficient (Wildman–Crippen LogP) is 1.76. The van der Waals surface area contributed by atoms with Gasteiger partial charge in [0.25, 0.3) is 11.5 Å². The first-order valence-electron chi connectivity index (χ1n) is 8.51. The molecule has 2 aromatic heterocycles. The van der Waals surface area contributed by atoms with E-state index in [0.717, 1.165) is 17.0 Å². The number of hydrogen-bond donors (Lipinski definition) is 0. The summed E-state index contributed by atoms with van der Waals surface area (Å²) < 4.78 is 3.24. The van der Waals surface area contributed by atoms with Crippen LogP contribution in [0.3, 0.4) is 0 Å². The van der Waals surface area contributed by atoms with Gasteiger partial charge >= 0.3 is 0 Å². The van der Waals surface area contributed by atoms with Gasteiger partial charge < -0.3 is 4.90 Å². The lowest BCUT2D eigenvalue weighted by Gasteiger charge is -2.25. The number of nitrogens with zero attached hydrogens (tertiary/aromatic N) is 6. The lowest BCUT2D eigenvalue weighted by Crippen LogP contribution is -2.36. The number of thioether (sulfide) groups is 1. The van der Waals surface area contributed by atoms with E-state index < -0.39 is 0 Å². The van der Waals surface area contributed by atoms with Crippen LogP contribution in [0.2, 0.25) is 0 Å². The average Bonchev–Trinajstić information content (AvgIpc) is 3.39. The average molecular weight is 382 g/mol. The highest BCUT2D eigenvalue weighted by atomic mass is 32.2. The molecule has 1 atom stereocenters. The molecule has 3 heterocycles. The number of carbonyl (C=O) groups is 1. The van der Waals surface area contributed by atoms with E-state index in [2.05, 4.69) is 15.1 Å². The van der Waals surface area contributed by atoms with Gasteiger partial charge in [-0.15, -0.1) is 0 Å². The number of hydrogen-bond acceptors (Lipinski definition) is 6. The number of aromatic nitrogens is 5. The fourth-order valence-electron chi connectivity index (χ4n) is 3.00. The molecule has 0 aliphatic carbocycles. The number of rotatable bonds is 4. The molecule has 1 amide bonds. The van der Waals surface area contributed by atoms with Crippen LogP contribution in [0.1, 0.15) is 28.9 Å². The van der Waals surface area contributed by atoms with E-state index in [1.165, 1.54) is 24.3 Å². The summed E-state index contributed by atoms with van der Waals surface area (Å²) in [7, 11) is 1.70. The van der Waals surface area contributed by atoms with Crippen molar-refractivity contribution in [2.75, 3.05) is 12.8 Å². The first kappa shape index (κ1) is 17.5. The summed E-state index contributed by atoms with van der Waals surface area (Å²) in [5.41, 5.74) is 1.68.